The van der Waals surface area contributed by atoms with E-state index in [1.165, 1.54) is 24.3 Å². The second kappa shape index (κ2) is 9.58. The van der Waals surface area contributed by atoms with Gasteiger partial charge >= 0.3 is 0 Å². The van der Waals surface area contributed by atoms with Crippen LogP contribution in [0.1, 0.15) is 25.8 Å². The maximum Gasteiger partial charge on any atom is 0.294 e. The lowest BCUT2D eigenvalue weighted by atomic mass is 10.2. The molecule has 1 fully saturated rings. The fourth-order valence-corrected chi connectivity index (χ4v) is 3.46. The SMILES string of the molecule is CC[C@H](C)Oc1ccc(/C=C2\SC(=O)N(CC(=O)Nc3ccc(F)cc3)C2=O)cc1. The van der Waals surface area contributed by atoms with E-state index in [2.05, 4.69) is 5.32 Å². The highest BCUT2D eigenvalue weighted by Crippen LogP contribution is 2.32. The summed E-state index contributed by atoms with van der Waals surface area (Å²) < 4.78 is 18.7. The Bertz CT molecular complexity index is 974. The van der Waals surface area contributed by atoms with Gasteiger partial charge in [0.1, 0.15) is 18.1 Å². The van der Waals surface area contributed by atoms with Crippen molar-refractivity contribution in [3.8, 4) is 5.75 Å². The number of carbonyl (C=O) groups is 3. The van der Waals surface area contributed by atoms with Crippen LogP contribution in [0.2, 0.25) is 0 Å². The molecular formula is C22H21FN2O4S. The van der Waals surface area contributed by atoms with Gasteiger partial charge in [0.05, 0.1) is 11.0 Å². The highest BCUT2D eigenvalue weighted by Gasteiger charge is 2.36. The maximum absolute atomic E-state index is 12.9. The van der Waals surface area contributed by atoms with E-state index in [0.29, 0.717) is 5.69 Å². The van der Waals surface area contributed by atoms with Gasteiger partial charge in [0, 0.05) is 5.69 Å². The van der Waals surface area contributed by atoms with Gasteiger partial charge in [-0.1, -0.05) is 19.1 Å². The largest absolute Gasteiger partial charge is 0.491 e. The molecule has 1 N–H and O–H groups in total. The van der Waals surface area contributed by atoms with Crippen LogP contribution in [0.4, 0.5) is 14.9 Å². The lowest BCUT2D eigenvalue weighted by Crippen LogP contribution is -2.36. The second-order valence-corrected chi connectivity index (χ2v) is 7.72. The smallest absolute Gasteiger partial charge is 0.294 e. The first-order valence-corrected chi connectivity index (χ1v) is 10.2. The Morgan fingerprint density at radius 3 is 2.47 bits per heavy atom. The lowest BCUT2D eigenvalue weighted by molar-refractivity contribution is -0.127. The Balaban J connectivity index is 1.63. The molecule has 0 bridgehead atoms. The third kappa shape index (κ3) is 5.48. The van der Waals surface area contributed by atoms with E-state index in [0.717, 1.165) is 34.4 Å². The van der Waals surface area contributed by atoms with Gasteiger partial charge in [-0.3, -0.25) is 19.3 Å². The molecule has 3 rings (SSSR count). The number of amides is 3. The molecule has 1 atom stereocenters. The third-order valence-corrected chi connectivity index (χ3v) is 5.30. The fraction of sp³-hybridized carbons (Fsp3) is 0.227. The van der Waals surface area contributed by atoms with Gasteiger partial charge in [-0.05, 0) is 73.1 Å². The molecule has 1 aliphatic rings. The van der Waals surface area contributed by atoms with Crippen LogP contribution in [0.3, 0.4) is 0 Å². The van der Waals surface area contributed by atoms with Crippen LogP contribution >= 0.6 is 11.8 Å². The van der Waals surface area contributed by atoms with E-state index in [1.807, 2.05) is 13.8 Å². The molecule has 0 aliphatic carbocycles. The van der Waals surface area contributed by atoms with Crippen molar-refractivity contribution in [1.29, 1.82) is 0 Å². The van der Waals surface area contributed by atoms with Crippen molar-refractivity contribution in [2.75, 3.05) is 11.9 Å². The summed E-state index contributed by atoms with van der Waals surface area (Å²) in [6.45, 7) is 3.60. The number of thioether (sulfide) groups is 1. The second-order valence-electron chi connectivity index (χ2n) is 6.73. The normalized spacial score (nSPS) is 16.1. The van der Waals surface area contributed by atoms with Gasteiger partial charge in [0.15, 0.2) is 0 Å². The molecule has 1 saturated heterocycles. The van der Waals surface area contributed by atoms with Crippen molar-refractivity contribution in [2.24, 2.45) is 0 Å². The van der Waals surface area contributed by atoms with E-state index >= 15 is 0 Å². The molecule has 6 nitrogen and oxygen atoms in total. The van der Waals surface area contributed by atoms with Crippen LogP contribution in [-0.4, -0.2) is 34.6 Å². The quantitative estimate of drug-likeness (QED) is 0.648. The molecular weight excluding hydrogens is 407 g/mol. The Labute approximate surface area is 178 Å². The number of hydrogen-bond donors (Lipinski definition) is 1. The summed E-state index contributed by atoms with van der Waals surface area (Å²) in [6, 6.07) is 12.4. The molecule has 0 unspecified atom stereocenters. The topological polar surface area (TPSA) is 75.7 Å². The van der Waals surface area contributed by atoms with E-state index in [1.54, 1.807) is 30.3 Å². The van der Waals surface area contributed by atoms with Crippen molar-refractivity contribution < 1.29 is 23.5 Å². The standard InChI is InChI=1S/C22H21FN2O4S/c1-3-14(2)29-18-10-4-15(5-11-18)12-19-21(27)25(22(28)30-19)13-20(26)24-17-8-6-16(23)7-9-17/h4-12,14H,3,13H2,1-2H3,(H,24,26)/b19-12-/t14-/m0/s1. The number of anilines is 1. The van der Waals surface area contributed by atoms with Gasteiger partial charge in [0.25, 0.3) is 11.1 Å². The van der Waals surface area contributed by atoms with Gasteiger partial charge < -0.3 is 10.1 Å². The summed E-state index contributed by atoms with van der Waals surface area (Å²) in [4.78, 5) is 38.1. The summed E-state index contributed by atoms with van der Waals surface area (Å²) in [7, 11) is 0. The molecule has 8 heteroatoms. The van der Waals surface area contributed by atoms with Gasteiger partial charge in [0.2, 0.25) is 5.91 Å². The lowest BCUT2D eigenvalue weighted by Gasteiger charge is -2.12. The van der Waals surface area contributed by atoms with Gasteiger partial charge in [-0.2, -0.15) is 0 Å². The molecule has 0 saturated carbocycles. The number of rotatable bonds is 7. The molecule has 0 spiro atoms. The first-order valence-electron chi connectivity index (χ1n) is 9.43. The van der Waals surface area contributed by atoms with Crippen LogP contribution < -0.4 is 10.1 Å². The molecule has 2 aromatic carbocycles. The summed E-state index contributed by atoms with van der Waals surface area (Å²) in [5.74, 6) is -0.772. The number of hydrogen-bond acceptors (Lipinski definition) is 5. The zero-order valence-electron chi connectivity index (χ0n) is 16.6. The molecule has 1 heterocycles. The van der Waals surface area contributed by atoms with E-state index < -0.39 is 29.4 Å². The van der Waals surface area contributed by atoms with Crippen molar-refractivity contribution in [3.63, 3.8) is 0 Å². The van der Waals surface area contributed by atoms with Gasteiger partial charge in [-0.25, -0.2) is 4.39 Å². The van der Waals surface area contributed by atoms with Crippen molar-refractivity contribution in [3.05, 3.63) is 64.8 Å². The average Bonchev–Trinajstić information content (AvgIpc) is 2.98. The predicted octanol–water partition coefficient (Wildman–Crippen LogP) is 4.68. The van der Waals surface area contributed by atoms with Crippen LogP contribution in [0.5, 0.6) is 5.75 Å². The van der Waals surface area contributed by atoms with Crippen molar-refractivity contribution >= 4 is 40.6 Å². The predicted molar refractivity (Wildman–Crippen MR) is 115 cm³/mol. The number of carbonyl (C=O) groups excluding carboxylic acids is 3. The van der Waals surface area contributed by atoms with E-state index in [4.69, 9.17) is 4.74 Å². The molecule has 30 heavy (non-hydrogen) atoms. The zero-order chi connectivity index (χ0) is 21.7. The number of nitrogens with zero attached hydrogens (tertiary/aromatic N) is 1. The molecule has 2 aromatic rings. The van der Waals surface area contributed by atoms with Crippen LogP contribution in [-0.2, 0) is 9.59 Å². The summed E-state index contributed by atoms with van der Waals surface area (Å²) in [6.07, 6.45) is 2.60. The fourth-order valence-electron chi connectivity index (χ4n) is 2.62. The Kier molecular flexibility index (Phi) is 6.89. The Morgan fingerprint density at radius 2 is 1.83 bits per heavy atom. The number of ether oxygens (including phenoxy) is 1. The average molecular weight is 428 g/mol. The van der Waals surface area contributed by atoms with Crippen molar-refractivity contribution in [2.45, 2.75) is 26.4 Å². The number of imide groups is 1. The Morgan fingerprint density at radius 1 is 1.17 bits per heavy atom. The van der Waals surface area contributed by atoms with Gasteiger partial charge in [-0.15, -0.1) is 0 Å². The van der Waals surface area contributed by atoms with Crippen LogP contribution in [0.25, 0.3) is 6.08 Å². The number of nitrogens with one attached hydrogen (secondary N) is 1. The van der Waals surface area contributed by atoms with E-state index in [9.17, 15) is 18.8 Å². The minimum Gasteiger partial charge on any atom is -0.491 e. The Hall–Kier alpha value is -3.13. The maximum atomic E-state index is 12.9. The molecule has 1 aliphatic heterocycles. The summed E-state index contributed by atoms with van der Waals surface area (Å²) in [5.41, 5.74) is 1.12. The minimum atomic E-state index is -0.545. The minimum absolute atomic E-state index is 0.105. The first-order chi connectivity index (χ1) is 14.4. The number of benzene rings is 2. The zero-order valence-corrected chi connectivity index (χ0v) is 17.4. The van der Waals surface area contributed by atoms with E-state index in [-0.39, 0.29) is 11.0 Å². The summed E-state index contributed by atoms with van der Waals surface area (Å²) >= 11 is 0.783. The molecule has 0 aromatic heterocycles. The third-order valence-electron chi connectivity index (χ3n) is 4.39. The number of halogens is 1. The van der Waals surface area contributed by atoms with Crippen molar-refractivity contribution in [1.82, 2.24) is 4.90 Å². The molecule has 3 amide bonds. The van der Waals surface area contributed by atoms with Crippen LogP contribution in [0, 0.1) is 5.82 Å². The molecule has 0 radical (unpaired) electrons. The van der Waals surface area contributed by atoms with Crippen LogP contribution in [0.15, 0.2) is 53.4 Å². The first kappa shape index (κ1) is 21.6. The highest BCUT2D eigenvalue weighted by molar-refractivity contribution is 8.18. The highest BCUT2D eigenvalue weighted by atomic mass is 32.2. The molecule has 156 valence electrons. The summed E-state index contributed by atoms with van der Waals surface area (Å²) in [5, 5.41) is 2.02. The monoisotopic (exact) mass is 428 g/mol.